The number of fused-ring (bicyclic) bond motifs is 1. The minimum atomic E-state index is -1.32. The van der Waals surface area contributed by atoms with Crippen molar-refractivity contribution in [3.8, 4) is 11.3 Å². The monoisotopic (exact) mass is 495 g/mol. The Kier molecular flexibility index (Phi) is 7.62. The Morgan fingerprint density at radius 1 is 1.09 bits per heavy atom. The molecule has 176 valence electrons. The van der Waals surface area contributed by atoms with E-state index in [1.165, 1.54) is 0 Å². The molecule has 4 rings (SSSR count). The van der Waals surface area contributed by atoms with Gasteiger partial charge >= 0.3 is 0 Å². The second-order valence-corrected chi connectivity index (χ2v) is 9.29. The summed E-state index contributed by atoms with van der Waals surface area (Å²) in [5.41, 5.74) is 4.12. The summed E-state index contributed by atoms with van der Waals surface area (Å²) in [4.78, 5) is 20.6. The van der Waals surface area contributed by atoms with Crippen molar-refractivity contribution in [2.45, 2.75) is 20.3 Å². The normalized spacial score (nSPS) is 12.0. The van der Waals surface area contributed by atoms with Crippen LogP contribution < -0.4 is 14.3 Å². The molecule has 34 heavy (non-hydrogen) atoms. The lowest BCUT2D eigenvalue weighted by molar-refractivity contribution is 0.102. The quantitative estimate of drug-likeness (QED) is 0.285. The Labute approximate surface area is 206 Å². The summed E-state index contributed by atoms with van der Waals surface area (Å²) < 4.78 is 17.2. The van der Waals surface area contributed by atoms with E-state index in [2.05, 4.69) is 20.0 Å². The number of nitrogens with one attached hydrogen (secondary N) is 3. The third-order valence-corrected chi connectivity index (χ3v) is 6.88. The molecule has 7 nitrogen and oxygen atoms in total. The lowest BCUT2D eigenvalue weighted by atomic mass is 10.1. The van der Waals surface area contributed by atoms with Crippen LogP contribution >= 0.6 is 11.6 Å². The maximum absolute atomic E-state index is 12.9. The van der Waals surface area contributed by atoms with E-state index in [-0.39, 0.29) is 5.91 Å². The number of hydrogen-bond acceptors (Lipinski definition) is 3. The summed E-state index contributed by atoms with van der Waals surface area (Å²) in [5, 5.41) is 4.49. The highest BCUT2D eigenvalue weighted by molar-refractivity contribution is 7.84. The molecular formula is C25H26ClN5O2S. The first-order valence-corrected chi connectivity index (χ1v) is 12.6. The Morgan fingerprint density at radius 3 is 2.62 bits per heavy atom. The van der Waals surface area contributed by atoms with Gasteiger partial charge in [-0.3, -0.25) is 9.10 Å². The number of halogens is 1. The minimum absolute atomic E-state index is 0.248. The number of rotatable bonds is 9. The van der Waals surface area contributed by atoms with E-state index in [0.29, 0.717) is 35.1 Å². The highest BCUT2D eigenvalue weighted by atomic mass is 35.5. The molecule has 0 saturated carbocycles. The van der Waals surface area contributed by atoms with Crippen LogP contribution in [0.15, 0.2) is 66.9 Å². The first-order chi connectivity index (χ1) is 16.5. The van der Waals surface area contributed by atoms with E-state index in [9.17, 15) is 9.00 Å². The van der Waals surface area contributed by atoms with Gasteiger partial charge in [-0.15, -0.1) is 0 Å². The van der Waals surface area contributed by atoms with Crippen molar-refractivity contribution in [1.82, 2.24) is 14.7 Å². The number of anilines is 2. The maximum atomic E-state index is 12.9. The lowest BCUT2D eigenvalue weighted by Crippen LogP contribution is -2.35. The molecule has 4 aromatic rings. The van der Waals surface area contributed by atoms with Gasteiger partial charge in [0.25, 0.3) is 5.91 Å². The van der Waals surface area contributed by atoms with Crippen LogP contribution in [0, 0.1) is 0 Å². The Morgan fingerprint density at radius 2 is 1.88 bits per heavy atom. The summed E-state index contributed by atoms with van der Waals surface area (Å²) in [7, 11) is 0. The smallest absolute Gasteiger partial charge is 0.255 e. The predicted octanol–water partition coefficient (Wildman–Crippen LogP) is 5.54. The molecule has 0 aliphatic heterocycles. The van der Waals surface area contributed by atoms with Gasteiger partial charge in [-0.1, -0.05) is 25.4 Å². The average Bonchev–Trinajstić information content (AvgIpc) is 3.32. The number of carbonyl (C=O) groups is 1. The van der Waals surface area contributed by atoms with Gasteiger partial charge in [0.05, 0.1) is 16.4 Å². The zero-order chi connectivity index (χ0) is 24.1. The topological polar surface area (TPSA) is 90.1 Å². The van der Waals surface area contributed by atoms with Crippen molar-refractivity contribution in [2.24, 2.45) is 0 Å². The summed E-state index contributed by atoms with van der Waals surface area (Å²) >= 11 is 5.11. The molecule has 0 aliphatic rings. The first kappa shape index (κ1) is 23.9. The van der Waals surface area contributed by atoms with Gasteiger partial charge in [-0.25, -0.2) is 13.9 Å². The number of H-pyrrole nitrogens is 1. The number of pyridine rings is 1. The van der Waals surface area contributed by atoms with E-state index >= 15 is 0 Å². The average molecular weight is 496 g/mol. The number of aromatic nitrogens is 2. The number of nitrogens with zero attached hydrogens (tertiary/aromatic N) is 2. The third-order valence-electron chi connectivity index (χ3n) is 5.22. The van der Waals surface area contributed by atoms with Gasteiger partial charge < -0.3 is 10.3 Å². The molecule has 1 amide bonds. The largest absolute Gasteiger partial charge is 0.346 e. The summed E-state index contributed by atoms with van der Waals surface area (Å²) in [6, 6.07) is 18.2. The van der Waals surface area contributed by atoms with Crippen molar-refractivity contribution in [3.05, 3.63) is 77.4 Å². The van der Waals surface area contributed by atoms with Crippen LogP contribution in [0.5, 0.6) is 0 Å². The zero-order valence-electron chi connectivity index (χ0n) is 19.0. The standard InChI is InChI=1S/C25H26ClN5O2S/c1-3-15-31(34(33)28-4-2)20-9-5-18(6-10-20)25(32)29-19-8-11-22(26)21(16-19)23-12-7-17-13-14-27-24(17)30-23/h5-14,16,28H,3-4,15H2,1-2H3,(H,27,30)(H,29,32). The number of amides is 1. The van der Waals surface area contributed by atoms with E-state index < -0.39 is 11.2 Å². The molecule has 0 aliphatic carbocycles. The second-order valence-electron chi connectivity index (χ2n) is 7.66. The molecule has 2 aromatic carbocycles. The SMILES string of the molecule is CCCN(c1ccc(C(=O)Nc2ccc(Cl)c(-c3ccc4cc[nH]c4n3)c2)cc1)S(=O)NCC. The molecule has 0 bridgehead atoms. The Balaban J connectivity index is 1.52. The summed E-state index contributed by atoms with van der Waals surface area (Å²) in [5.74, 6) is -0.248. The molecule has 0 saturated heterocycles. The fraction of sp³-hybridized carbons (Fsp3) is 0.200. The van der Waals surface area contributed by atoms with Crippen LogP contribution in [-0.4, -0.2) is 33.2 Å². The third kappa shape index (κ3) is 5.30. The highest BCUT2D eigenvalue weighted by Crippen LogP contribution is 2.30. The molecule has 1 atom stereocenters. The molecule has 3 N–H and O–H groups in total. The van der Waals surface area contributed by atoms with E-state index in [1.54, 1.807) is 28.6 Å². The van der Waals surface area contributed by atoms with E-state index in [1.807, 2.05) is 56.4 Å². The number of aromatic amines is 1. The molecule has 9 heteroatoms. The van der Waals surface area contributed by atoms with Gasteiger partial charge in [0.1, 0.15) is 5.65 Å². The van der Waals surface area contributed by atoms with Crippen LogP contribution in [0.25, 0.3) is 22.3 Å². The minimum Gasteiger partial charge on any atom is -0.346 e. The van der Waals surface area contributed by atoms with Crippen molar-refractivity contribution in [1.29, 1.82) is 0 Å². The van der Waals surface area contributed by atoms with Crippen LogP contribution in [0.4, 0.5) is 11.4 Å². The Hall–Kier alpha value is -3.20. The molecule has 2 aromatic heterocycles. The van der Waals surface area contributed by atoms with Crippen LogP contribution in [0.1, 0.15) is 30.6 Å². The van der Waals surface area contributed by atoms with Crippen molar-refractivity contribution >= 4 is 51.1 Å². The molecule has 1 unspecified atom stereocenters. The fourth-order valence-electron chi connectivity index (χ4n) is 3.57. The summed E-state index contributed by atoms with van der Waals surface area (Å²) in [6.45, 7) is 5.18. The second kappa shape index (κ2) is 10.8. The number of carbonyl (C=O) groups excluding carboxylic acids is 1. The van der Waals surface area contributed by atoms with E-state index in [4.69, 9.17) is 11.6 Å². The van der Waals surface area contributed by atoms with Crippen LogP contribution in [0.2, 0.25) is 5.02 Å². The van der Waals surface area contributed by atoms with Crippen molar-refractivity contribution in [2.75, 3.05) is 22.7 Å². The van der Waals surface area contributed by atoms with Gasteiger partial charge in [0.2, 0.25) is 0 Å². The van der Waals surface area contributed by atoms with Crippen LogP contribution in [0.3, 0.4) is 0 Å². The van der Waals surface area contributed by atoms with Crippen LogP contribution in [-0.2, 0) is 11.2 Å². The zero-order valence-corrected chi connectivity index (χ0v) is 20.5. The van der Waals surface area contributed by atoms with E-state index in [0.717, 1.165) is 28.7 Å². The molecule has 0 spiro atoms. The Bertz CT molecular complexity index is 1320. The molecular weight excluding hydrogens is 470 g/mol. The number of hydrogen-bond donors (Lipinski definition) is 3. The lowest BCUT2D eigenvalue weighted by Gasteiger charge is -2.22. The fourth-order valence-corrected chi connectivity index (χ4v) is 4.85. The molecule has 0 fully saturated rings. The summed E-state index contributed by atoms with van der Waals surface area (Å²) in [6.07, 6.45) is 2.69. The first-order valence-electron chi connectivity index (χ1n) is 11.1. The number of benzene rings is 2. The van der Waals surface area contributed by atoms with Crippen molar-refractivity contribution in [3.63, 3.8) is 0 Å². The van der Waals surface area contributed by atoms with Gasteiger partial charge in [-0.05, 0) is 67.1 Å². The highest BCUT2D eigenvalue weighted by Gasteiger charge is 2.15. The maximum Gasteiger partial charge on any atom is 0.255 e. The van der Waals surface area contributed by atoms with Gasteiger partial charge in [0.15, 0.2) is 11.2 Å². The van der Waals surface area contributed by atoms with Gasteiger partial charge in [-0.2, -0.15) is 0 Å². The molecule has 2 heterocycles. The predicted molar refractivity (Wildman–Crippen MR) is 140 cm³/mol. The van der Waals surface area contributed by atoms with Crippen molar-refractivity contribution < 1.29 is 9.00 Å². The van der Waals surface area contributed by atoms with Gasteiger partial charge in [0, 0.05) is 41.5 Å². The molecule has 0 radical (unpaired) electrons.